The quantitative estimate of drug-likeness (QED) is 0.925. The lowest BCUT2D eigenvalue weighted by Crippen LogP contribution is -2.71. The number of carbonyl (C=O) groups excluding carboxylic acids is 1. The zero-order valence-electron chi connectivity index (χ0n) is 14.5. The molecule has 130 valence electrons. The second-order valence-corrected chi connectivity index (χ2v) is 7.75. The largest absolute Gasteiger partial charge is 0.507 e. The van der Waals surface area contributed by atoms with E-state index >= 15 is 0 Å². The minimum Gasteiger partial charge on any atom is -0.507 e. The standard InChI is InChI=1S/C20H27NO3/c1-2-14-4-5-17(22)16(12-14)19(23)21-13-20(8-3-9-20)18(21)15-6-10-24-11-7-15/h4-5,12,15,18,22H,2-3,6-11,13H2,1H3. The van der Waals surface area contributed by atoms with Crippen LogP contribution < -0.4 is 0 Å². The molecule has 3 fully saturated rings. The summed E-state index contributed by atoms with van der Waals surface area (Å²) in [6.07, 6.45) is 6.76. The number of likely N-dealkylation sites (tertiary alicyclic amines) is 1. The van der Waals surface area contributed by atoms with Crippen LogP contribution in [0.1, 0.15) is 54.9 Å². The first-order valence-electron chi connectivity index (χ1n) is 9.35. The molecule has 1 aromatic rings. The Morgan fingerprint density at radius 3 is 2.71 bits per heavy atom. The highest BCUT2D eigenvalue weighted by atomic mass is 16.5. The summed E-state index contributed by atoms with van der Waals surface area (Å²) in [6.45, 7) is 4.56. The van der Waals surface area contributed by atoms with Crippen molar-refractivity contribution in [3.8, 4) is 5.75 Å². The normalized spacial score (nSPS) is 26.0. The molecule has 1 amide bonds. The van der Waals surface area contributed by atoms with Gasteiger partial charge in [0.25, 0.3) is 5.91 Å². The second-order valence-electron chi connectivity index (χ2n) is 7.75. The summed E-state index contributed by atoms with van der Waals surface area (Å²) in [5.74, 6) is 0.669. The molecule has 1 aromatic carbocycles. The first-order chi connectivity index (χ1) is 11.6. The van der Waals surface area contributed by atoms with Crippen molar-refractivity contribution >= 4 is 5.91 Å². The summed E-state index contributed by atoms with van der Waals surface area (Å²) < 4.78 is 5.52. The highest BCUT2D eigenvalue weighted by Crippen LogP contribution is 2.57. The summed E-state index contributed by atoms with van der Waals surface area (Å²) in [6, 6.07) is 5.76. The maximum Gasteiger partial charge on any atom is 0.257 e. The van der Waals surface area contributed by atoms with Crippen LogP contribution in [0.3, 0.4) is 0 Å². The van der Waals surface area contributed by atoms with E-state index in [2.05, 4.69) is 6.92 Å². The number of rotatable bonds is 3. The van der Waals surface area contributed by atoms with E-state index in [1.54, 1.807) is 6.07 Å². The third kappa shape index (κ3) is 2.43. The number of phenolic OH excluding ortho intramolecular Hbond substituents is 1. The molecule has 1 N–H and O–H groups in total. The second kappa shape index (κ2) is 6.07. The van der Waals surface area contributed by atoms with Gasteiger partial charge in [-0.2, -0.15) is 0 Å². The van der Waals surface area contributed by atoms with Gasteiger partial charge in [-0.05, 0) is 55.7 Å². The molecular weight excluding hydrogens is 302 g/mol. The topological polar surface area (TPSA) is 49.8 Å². The zero-order chi connectivity index (χ0) is 16.7. The molecule has 0 bridgehead atoms. The molecule has 1 aliphatic carbocycles. The number of hydrogen-bond acceptors (Lipinski definition) is 3. The fourth-order valence-electron chi connectivity index (χ4n) is 4.95. The molecule has 24 heavy (non-hydrogen) atoms. The summed E-state index contributed by atoms with van der Waals surface area (Å²) in [7, 11) is 0. The third-order valence-electron chi connectivity index (χ3n) is 6.47. The first kappa shape index (κ1) is 15.9. The van der Waals surface area contributed by atoms with Crippen LogP contribution in [0.5, 0.6) is 5.75 Å². The molecule has 4 rings (SSSR count). The van der Waals surface area contributed by atoms with E-state index in [9.17, 15) is 9.90 Å². The van der Waals surface area contributed by atoms with Gasteiger partial charge >= 0.3 is 0 Å². The van der Waals surface area contributed by atoms with Gasteiger partial charge in [-0.3, -0.25) is 4.79 Å². The minimum absolute atomic E-state index is 0.0109. The molecule has 4 nitrogen and oxygen atoms in total. The number of benzene rings is 1. The number of aromatic hydroxyl groups is 1. The highest BCUT2D eigenvalue weighted by molar-refractivity contribution is 5.98. The van der Waals surface area contributed by atoms with Crippen LogP contribution in [-0.4, -0.2) is 41.7 Å². The Labute approximate surface area is 143 Å². The van der Waals surface area contributed by atoms with Crippen molar-refractivity contribution in [3.63, 3.8) is 0 Å². The van der Waals surface area contributed by atoms with Gasteiger partial charge in [0, 0.05) is 31.2 Å². The van der Waals surface area contributed by atoms with E-state index in [4.69, 9.17) is 4.74 Å². The van der Waals surface area contributed by atoms with Crippen molar-refractivity contribution in [2.45, 2.75) is 51.5 Å². The zero-order valence-corrected chi connectivity index (χ0v) is 14.5. The number of amides is 1. The number of nitrogens with zero attached hydrogens (tertiary/aromatic N) is 1. The lowest BCUT2D eigenvalue weighted by atomic mass is 9.54. The Balaban J connectivity index is 1.59. The molecule has 2 aliphatic heterocycles. The summed E-state index contributed by atoms with van der Waals surface area (Å²) >= 11 is 0. The Morgan fingerprint density at radius 1 is 1.33 bits per heavy atom. The monoisotopic (exact) mass is 329 g/mol. The average Bonchev–Trinajstić information content (AvgIpc) is 2.54. The fourth-order valence-corrected chi connectivity index (χ4v) is 4.95. The molecule has 1 spiro atoms. The van der Waals surface area contributed by atoms with Crippen molar-refractivity contribution in [2.75, 3.05) is 19.8 Å². The van der Waals surface area contributed by atoms with Crippen molar-refractivity contribution in [1.82, 2.24) is 4.90 Å². The van der Waals surface area contributed by atoms with E-state index in [0.717, 1.165) is 44.6 Å². The van der Waals surface area contributed by atoms with Crippen LogP contribution in [-0.2, 0) is 11.2 Å². The van der Waals surface area contributed by atoms with Gasteiger partial charge in [0.1, 0.15) is 5.75 Å². The van der Waals surface area contributed by atoms with Crippen LogP contribution in [0.2, 0.25) is 0 Å². The number of aryl methyl sites for hydroxylation is 1. The van der Waals surface area contributed by atoms with Crippen LogP contribution in [0, 0.1) is 11.3 Å². The molecule has 1 atom stereocenters. The third-order valence-corrected chi connectivity index (χ3v) is 6.47. The van der Waals surface area contributed by atoms with Crippen molar-refractivity contribution in [3.05, 3.63) is 29.3 Å². The van der Waals surface area contributed by atoms with Crippen LogP contribution in [0.4, 0.5) is 0 Å². The highest BCUT2D eigenvalue weighted by Gasteiger charge is 2.59. The number of carbonyl (C=O) groups is 1. The predicted octanol–water partition coefficient (Wildman–Crippen LogP) is 3.38. The lowest BCUT2D eigenvalue weighted by Gasteiger charge is -2.65. The predicted molar refractivity (Wildman–Crippen MR) is 92.1 cm³/mol. The van der Waals surface area contributed by atoms with Crippen LogP contribution >= 0.6 is 0 Å². The molecule has 2 saturated heterocycles. The summed E-state index contributed by atoms with van der Waals surface area (Å²) in [4.78, 5) is 15.2. The molecular formula is C20H27NO3. The van der Waals surface area contributed by atoms with Gasteiger partial charge in [0.05, 0.1) is 5.56 Å². The van der Waals surface area contributed by atoms with E-state index in [-0.39, 0.29) is 11.7 Å². The fraction of sp³-hybridized carbons (Fsp3) is 0.650. The Hall–Kier alpha value is -1.55. The van der Waals surface area contributed by atoms with Gasteiger partial charge in [0.2, 0.25) is 0 Å². The Bertz CT molecular complexity index is 632. The van der Waals surface area contributed by atoms with E-state index in [1.807, 2.05) is 17.0 Å². The maximum atomic E-state index is 13.1. The number of ether oxygens (including phenoxy) is 1. The molecule has 4 heteroatoms. The first-order valence-corrected chi connectivity index (χ1v) is 9.35. The SMILES string of the molecule is CCc1ccc(O)c(C(=O)N2CC3(CCC3)C2C2CCOCC2)c1. The molecule has 1 saturated carbocycles. The van der Waals surface area contributed by atoms with Gasteiger partial charge in [0.15, 0.2) is 0 Å². The van der Waals surface area contributed by atoms with Gasteiger partial charge in [-0.1, -0.05) is 19.4 Å². The van der Waals surface area contributed by atoms with Gasteiger partial charge < -0.3 is 14.7 Å². The smallest absolute Gasteiger partial charge is 0.257 e. The van der Waals surface area contributed by atoms with Crippen molar-refractivity contribution in [1.29, 1.82) is 0 Å². The van der Waals surface area contributed by atoms with Crippen LogP contribution in [0.25, 0.3) is 0 Å². The molecule has 2 heterocycles. The molecule has 0 aromatic heterocycles. The summed E-state index contributed by atoms with van der Waals surface area (Å²) in [5.41, 5.74) is 1.92. The van der Waals surface area contributed by atoms with Gasteiger partial charge in [-0.15, -0.1) is 0 Å². The van der Waals surface area contributed by atoms with Crippen LogP contribution in [0.15, 0.2) is 18.2 Å². The minimum atomic E-state index is 0.0109. The Kier molecular flexibility index (Phi) is 4.03. The average molecular weight is 329 g/mol. The van der Waals surface area contributed by atoms with Gasteiger partial charge in [-0.25, -0.2) is 0 Å². The number of phenols is 1. The van der Waals surface area contributed by atoms with E-state index in [0.29, 0.717) is 22.9 Å². The molecule has 1 unspecified atom stereocenters. The number of hydrogen-bond donors (Lipinski definition) is 1. The molecule has 3 aliphatic rings. The van der Waals surface area contributed by atoms with Crippen molar-refractivity contribution < 1.29 is 14.6 Å². The summed E-state index contributed by atoms with van der Waals surface area (Å²) in [5, 5.41) is 10.2. The van der Waals surface area contributed by atoms with Crippen molar-refractivity contribution in [2.24, 2.45) is 11.3 Å². The van der Waals surface area contributed by atoms with E-state index < -0.39 is 0 Å². The maximum absolute atomic E-state index is 13.1. The lowest BCUT2D eigenvalue weighted by molar-refractivity contribution is -0.140. The molecule has 0 radical (unpaired) electrons. The van der Waals surface area contributed by atoms with E-state index in [1.165, 1.54) is 19.3 Å². The Morgan fingerprint density at radius 2 is 2.08 bits per heavy atom.